The fraction of sp³-hybridized carbons (Fsp3) is 0.850. The first-order chi connectivity index (χ1) is 9.78. The topological polar surface area (TPSA) is 17.1 Å². The predicted octanol–water partition coefficient (Wildman–Crippen LogP) is 5.40. The number of ketones is 1. The molecule has 0 aliphatic heterocycles. The molecule has 0 saturated heterocycles. The minimum absolute atomic E-state index is 0.368. The van der Waals surface area contributed by atoms with Crippen LogP contribution in [-0.4, -0.2) is 5.78 Å². The molecule has 1 nitrogen and oxygen atoms in total. The average molecular weight is 288 g/mol. The molecule has 0 heterocycles. The smallest absolute Gasteiger partial charge is 0.129 e. The standard InChI is InChI=1S/C20H32O/c1-13(2)15-8-10-19(4)12-18-17(7-6-14(3)21)20(18,5)11-9-16(15)19/h15-18H,1,6-12H2,2-5H3/t15-,16+,17+,18-,19-,20-/m0/s1. The van der Waals surface area contributed by atoms with Gasteiger partial charge in [0.2, 0.25) is 0 Å². The fourth-order valence-electron chi connectivity index (χ4n) is 6.12. The van der Waals surface area contributed by atoms with Crippen LogP contribution in [0.15, 0.2) is 12.2 Å². The van der Waals surface area contributed by atoms with Crippen molar-refractivity contribution in [2.24, 2.45) is 34.5 Å². The molecule has 21 heavy (non-hydrogen) atoms. The SMILES string of the molecule is C=C(C)[C@@H]1CC[C@@]2(C)C[C@H]3[C@@H](CCC(C)=O)[C@]3(C)CC[C@H]12. The van der Waals surface area contributed by atoms with Crippen LogP contribution in [0.25, 0.3) is 0 Å². The summed E-state index contributed by atoms with van der Waals surface area (Å²) in [4.78, 5) is 11.3. The monoisotopic (exact) mass is 288 g/mol. The van der Waals surface area contributed by atoms with Gasteiger partial charge in [0.1, 0.15) is 5.78 Å². The van der Waals surface area contributed by atoms with Crippen LogP contribution in [0.3, 0.4) is 0 Å². The first-order valence-corrected chi connectivity index (χ1v) is 8.93. The van der Waals surface area contributed by atoms with Crippen molar-refractivity contribution < 1.29 is 4.79 Å². The van der Waals surface area contributed by atoms with Crippen LogP contribution < -0.4 is 0 Å². The van der Waals surface area contributed by atoms with Crippen molar-refractivity contribution in [3.63, 3.8) is 0 Å². The molecular weight excluding hydrogens is 256 g/mol. The zero-order chi connectivity index (χ0) is 15.4. The van der Waals surface area contributed by atoms with E-state index in [0.717, 1.165) is 36.5 Å². The molecule has 0 unspecified atom stereocenters. The second kappa shape index (κ2) is 4.96. The van der Waals surface area contributed by atoms with Crippen molar-refractivity contribution in [3.05, 3.63) is 12.2 Å². The summed E-state index contributed by atoms with van der Waals surface area (Å²) in [5.74, 6) is 3.71. The molecule has 3 fully saturated rings. The Morgan fingerprint density at radius 3 is 2.48 bits per heavy atom. The van der Waals surface area contributed by atoms with Gasteiger partial charge in [0.05, 0.1) is 0 Å². The molecule has 0 amide bonds. The maximum Gasteiger partial charge on any atom is 0.129 e. The Morgan fingerprint density at radius 1 is 1.14 bits per heavy atom. The third-order valence-electron chi connectivity index (χ3n) is 7.60. The summed E-state index contributed by atoms with van der Waals surface area (Å²) in [6, 6.07) is 0. The van der Waals surface area contributed by atoms with E-state index in [0.29, 0.717) is 16.6 Å². The van der Waals surface area contributed by atoms with E-state index >= 15 is 0 Å². The molecule has 0 bridgehead atoms. The molecule has 0 spiro atoms. The van der Waals surface area contributed by atoms with Crippen molar-refractivity contribution in [3.8, 4) is 0 Å². The number of hydrogen-bond donors (Lipinski definition) is 0. The molecule has 0 N–H and O–H groups in total. The van der Waals surface area contributed by atoms with Gasteiger partial charge in [-0.3, -0.25) is 0 Å². The highest BCUT2D eigenvalue weighted by Crippen LogP contribution is 2.72. The Morgan fingerprint density at radius 2 is 1.86 bits per heavy atom. The van der Waals surface area contributed by atoms with E-state index in [1.807, 2.05) is 0 Å². The number of rotatable bonds is 4. The first kappa shape index (κ1) is 15.3. The highest BCUT2D eigenvalue weighted by molar-refractivity contribution is 5.75. The van der Waals surface area contributed by atoms with Crippen LogP contribution in [0, 0.1) is 34.5 Å². The van der Waals surface area contributed by atoms with Gasteiger partial charge in [0.15, 0.2) is 0 Å². The van der Waals surface area contributed by atoms with E-state index in [1.54, 1.807) is 6.92 Å². The van der Waals surface area contributed by atoms with Gasteiger partial charge in [0, 0.05) is 6.42 Å². The van der Waals surface area contributed by atoms with E-state index in [9.17, 15) is 4.79 Å². The number of fused-ring (bicyclic) bond motifs is 2. The predicted molar refractivity (Wildman–Crippen MR) is 88.0 cm³/mol. The fourth-order valence-corrected chi connectivity index (χ4v) is 6.12. The average Bonchev–Trinajstić information content (AvgIpc) is 2.80. The van der Waals surface area contributed by atoms with E-state index in [-0.39, 0.29) is 0 Å². The van der Waals surface area contributed by atoms with Gasteiger partial charge < -0.3 is 4.79 Å². The molecule has 1 heteroatoms. The van der Waals surface area contributed by atoms with E-state index in [2.05, 4.69) is 27.4 Å². The van der Waals surface area contributed by atoms with Crippen molar-refractivity contribution in [1.29, 1.82) is 0 Å². The molecule has 3 rings (SSSR count). The zero-order valence-electron chi connectivity index (χ0n) is 14.4. The number of carbonyl (C=O) groups is 1. The maximum atomic E-state index is 11.3. The molecule has 0 aromatic heterocycles. The Kier molecular flexibility index (Phi) is 3.62. The quantitative estimate of drug-likeness (QED) is 0.633. The van der Waals surface area contributed by atoms with Crippen LogP contribution in [0.1, 0.15) is 72.6 Å². The molecule has 0 radical (unpaired) electrons. The van der Waals surface area contributed by atoms with Crippen LogP contribution in [0.4, 0.5) is 0 Å². The van der Waals surface area contributed by atoms with Gasteiger partial charge >= 0.3 is 0 Å². The maximum absolute atomic E-state index is 11.3. The summed E-state index contributed by atoms with van der Waals surface area (Å²) in [6.45, 7) is 13.3. The molecule has 3 aliphatic carbocycles. The Bertz CT molecular complexity index is 464. The van der Waals surface area contributed by atoms with Gasteiger partial charge in [-0.2, -0.15) is 0 Å². The van der Waals surface area contributed by atoms with Crippen LogP contribution in [0.5, 0.6) is 0 Å². The van der Waals surface area contributed by atoms with Crippen molar-refractivity contribution in [1.82, 2.24) is 0 Å². The molecule has 3 saturated carbocycles. The van der Waals surface area contributed by atoms with Gasteiger partial charge in [-0.1, -0.05) is 26.0 Å². The Hall–Kier alpha value is -0.590. The van der Waals surface area contributed by atoms with Crippen molar-refractivity contribution in [2.45, 2.75) is 72.6 Å². The third-order valence-corrected chi connectivity index (χ3v) is 7.60. The minimum atomic E-state index is 0.368. The van der Waals surface area contributed by atoms with Crippen molar-refractivity contribution >= 4 is 5.78 Å². The molecule has 6 atom stereocenters. The van der Waals surface area contributed by atoms with Gasteiger partial charge in [-0.15, -0.1) is 0 Å². The van der Waals surface area contributed by atoms with Crippen LogP contribution >= 0.6 is 0 Å². The molecule has 118 valence electrons. The minimum Gasteiger partial charge on any atom is -0.300 e. The van der Waals surface area contributed by atoms with Crippen LogP contribution in [-0.2, 0) is 4.79 Å². The molecular formula is C20H32O. The summed E-state index contributed by atoms with van der Waals surface area (Å²) in [5.41, 5.74) is 2.50. The number of hydrogen-bond acceptors (Lipinski definition) is 1. The lowest BCUT2D eigenvalue weighted by molar-refractivity contribution is -0.117. The lowest BCUT2D eigenvalue weighted by Crippen LogP contribution is -2.26. The Labute approximate surface area is 130 Å². The summed E-state index contributed by atoms with van der Waals surface area (Å²) < 4.78 is 0. The molecule has 3 aliphatic rings. The number of carbonyl (C=O) groups excluding carboxylic acids is 1. The lowest BCUT2D eigenvalue weighted by Gasteiger charge is -2.34. The highest BCUT2D eigenvalue weighted by Gasteiger charge is 2.64. The van der Waals surface area contributed by atoms with E-state index in [4.69, 9.17) is 0 Å². The van der Waals surface area contributed by atoms with E-state index < -0.39 is 0 Å². The third kappa shape index (κ3) is 2.41. The van der Waals surface area contributed by atoms with Gasteiger partial charge in [-0.05, 0) is 86.9 Å². The van der Waals surface area contributed by atoms with Crippen molar-refractivity contribution in [2.75, 3.05) is 0 Å². The largest absolute Gasteiger partial charge is 0.300 e. The second-order valence-corrected chi connectivity index (χ2v) is 8.95. The van der Waals surface area contributed by atoms with Gasteiger partial charge in [-0.25, -0.2) is 0 Å². The lowest BCUT2D eigenvalue weighted by atomic mass is 9.71. The number of Topliss-reactive ketones (excluding diaryl/α,β-unsaturated/α-hetero) is 1. The summed E-state index contributed by atoms with van der Waals surface area (Å²) in [7, 11) is 0. The summed E-state index contributed by atoms with van der Waals surface area (Å²) in [6.07, 6.45) is 8.86. The zero-order valence-corrected chi connectivity index (χ0v) is 14.4. The normalized spacial score (nSPS) is 48.2. The van der Waals surface area contributed by atoms with Gasteiger partial charge in [0.25, 0.3) is 0 Å². The Balaban J connectivity index is 1.72. The van der Waals surface area contributed by atoms with E-state index in [1.165, 1.54) is 37.7 Å². The summed E-state index contributed by atoms with van der Waals surface area (Å²) >= 11 is 0. The first-order valence-electron chi connectivity index (χ1n) is 8.93. The summed E-state index contributed by atoms with van der Waals surface area (Å²) in [5, 5.41) is 0. The molecule has 0 aromatic carbocycles. The highest BCUT2D eigenvalue weighted by atomic mass is 16.1. The molecule has 0 aromatic rings. The number of allylic oxidation sites excluding steroid dienone is 1. The second-order valence-electron chi connectivity index (χ2n) is 8.95. The van der Waals surface area contributed by atoms with Crippen LogP contribution in [0.2, 0.25) is 0 Å².